The number of sulfonamides is 1. The van der Waals surface area contributed by atoms with Crippen LogP contribution in [-0.2, 0) is 22.0 Å². The number of benzene rings is 1. The van der Waals surface area contributed by atoms with Gasteiger partial charge in [0.15, 0.2) is 0 Å². The van der Waals surface area contributed by atoms with E-state index in [-0.39, 0.29) is 5.82 Å². The molecule has 0 spiro atoms. The average Bonchev–Trinajstić information content (AvgIpc) is 3.06. The van der Waals surface area contributed by atoms with Gasteiger partial charge in [0.1, 0.15) is 17.1 Å². The van der Waals surface area contributed by atoms with Gasteiger partial charge in [0, 0.05) is 13.0 Å². The van der Waals surface area contributed by atoms with Crippen LogP contribution in [0, 0.1) is 5.82 Å². The first-order valence-corrected chi connectivity index (χ1v) is 9.31. The van der Waals surface area contributed by atoms with Crippen LogP contribution in [0.1, 0.15) is 37.0 Å². The number of halogens is 1. The quantitative estimate of drug-likeness (QED) is 0.860. The molecule has 0 saturated carbocycles. The summed E-state index contributed by atoms with van der Waals surface area (Å²) in [5, 5.41) is 0. The fraction of sp³-hybridized carbons (Fsp3) is 0.438. The number of oxazole rings is 1. The van der Waals surface area contributed by atoms with Crippen LogP contribution in [0.4, 0.5) is 4.39 Å². The maximum atomic E-state index is 13.2. The Morgan fingerprint density at radius 2 is 2.22 bits per heavy atom. The fourth-order valence-electron chi connectivity index (χ4n) is 3.17. The van der Waals surface area contributed by atoms with Gasteiger partial charge in [-0.1, -0.05) is 12.1 Å². The average molecular weight is 338 g/mol. The summed E-state index contributed by atoms with van der Waals surface area (Å²) >= 11 is 0. The van der Waals surface area contributed by atoms with Gasteiger partial charge in [-0.15, -0.1) is 0 Å². The van der Waals surface area contributed by atoms with Crippen molar-refractivity contribution in [2.45, 2.75) is 31.7 Å². The van der Waals surface area contributed by atoms with Crippen LogP contribution in [-0.4, -0.2) is 30.5 Å². The van der Waals surface area contributed by atoms with Crippen molar-refractivity contribution in [3.63, 3.8) is 0 Å². The second kappa shape index (κ2) is 5.72. The number of aromatic nitrogens is 1. The molecule has 7 heteroatoms. The van der Waals surface area contributed by atoms with Gasteiger partial charge in [-0.3, -0.25) is 0 Å². The molecule has 1 atom stereocenters. The lowest BCUT2D eigenvalue weighted by atomic mass is 10.0. The second-order valence-corrected chi connectivity index (χ2v) is 8.06. The predicted octanol–water partition coefficient (Wildman–Crippen LogP) is 2.68. The Kier molecular flexibility index (Phi) is 4.01. The maximum absolute atomic E-state index is 13.2. The fourth-order valence-corrected chi connectivity index (χ4v) is 4.53. The monoisotopic (exact) mass is 338 g/mol. The first-order chi connectivity index (χ1) is 10.8. The minimum Gasteiger partial charge on any atom is -0.443 e. The zero-order chi connectivity index (χ0) is 16.7. The third-order valence-corrected chi connectivity index (χ3v) is 5.64. The minimum absolute atomic E-state index is 0.298. The lowest BCUT2D eigenvalue weighted by molar-refractivity contribution is 0.212. The molecule has 3 rings (SSSR count). The smallest absolute Gasteiger partial charge is 0.215 e. The first kappa shape index (κ1) is 16.1. The van der Waals surface area contributed by atoms with E-state index < -0.39 is 15.6 Å². The summed E-state index contributed by atoms with van der Waals surface area (Å²) in [5.74, 6) is 0.687. The normalized spacial score (nSPS) is 22.6. The van der Waals surface area contributed by atoms with E-state index in [1.165, 1.54) is 22.7 Å². The van der Waals surface area contributed by atoms with Gasteiger partial charge in [-0.2, -0.15) is 4.31 Å². The van der Waals surface area contributed by atoms with Crippen LogP contribution in [0.2, 0.25) is 0 Å². The Bertz CT molecular complexity index is 818. The molecule has 0 aliphatic carbocycles. The highest BCUT2D eigenvalue weighted by atomic mass is 32.2. The van der Waals surface area contributed by atoms with E-state index in [2.05, 4.69) is 4.98 Å². The van der Waals surface area contributed by atoms with Gasteiger partial charge in [0.25, 0.3) is 0 Å². The molecule has 1 saturated heterocycles. The lowest BCUT2D eigenvalue weighted by Gasteiger charge is -2.30. The predicted molar refractivity (Wildman–Crippen MR) is 83.8 cm³/mol. The SMILES string of the molecule is C[C@@]1(c2ncc(Cc3cccc(F)c3)o2)CCCN1S(C)(=O)=O. The Labute approximate surface area is 135 Å². The Morgan fingerprint density at radius 1 is 1.43 bits per heavy atom. The van der Waals surface area contributed by atoms with Crippen molar-refractivity contribution in [1.29, 1.82) is 0 Å². The summed E-state index contributed by atoms with van der Waals surface area (Å²) in [6.07, 6.45) is 4.64. The van der Waals surface area contributed by atoms with Crippen LogP contribution >= 0.6 is 0 Å². The van der Waals surface area contributed by atoms with Crippen molar-refractivity contribution in [2.24, 2.45) is 0 Å². The van der Waals surface area contributed by atoms with E-state index >= 15 is 0 Å². The van der Waals surface area contributed by atoms with Crippen molar-refractivity contribution in [2.75, 3.05) is 12.8 Å². The first-order valence-electron chi connectivity index (χ1n) is 7.46. The van der Waals surface area contributed by atoms with Crippen LogP contribution in [0.25, 0.3) is 0 Å². The number of hydrogen-bond donors (Lipinski definition) is 0. The summed E-state index contributed by atoms with van der Waals surface area (Å²) in [6.45, 7) is 2.30. The maximum Gasteiger partial charge on any atom is 0.215 e. The van der Waals surface area contributed by atoms with Crippen LogP contribution in [0.3, 0.4) is 0 Å². The molecular weight excluding hydrogens is 319 g/mol. The molecule has 1 aliphatic rings. The van der Waals surface area contributed by atoms with E-state index in [0.717, 1.165) is 12.0 Å². The van der Waals surface area contributed by atoms with Crippen molar-refractivity contribution in [3.8, 4) is 0 Å². The van der Waals surface area contributed by atoms with Gasteiger partial charge < -0.3 is 4.42 Å². The molecule has 23 heavy (non-hydrogen) atoms. The molecule has 0 radical (unpaired) electrons. The summed E-state index contributed by atoms with van der Waals surface area (Å²) in [6, 6.07) is 6.29. The van der Waals surface area contributed by atoms with E-state index in [0.29, 0.717) is 31.0 Å². The van der Waals surface area contributed by atoms with Crippen molar-refractivity contribution in [3.05, 3.63) is 53.5 Å². The highest BCUT2D eigenvalue weighted by Gasteiger charge is 2.46. The molecule has 1 aromatic carbocycles. The van der Waals surface area contributed by atoms with Crippen molar-refractivity contribution in [1.82, 2.24) is 9.29 Å². The molecule has 1 fully saturated rings. The molecular formula is C16H19FN2O3S. The summed E-state index contributed by atoms with van der Waals surface area (Å²) < 4.78 is 44.4. The second-order valence-electron chi connectivity index (χ2n) is 6.15. The molecule has 0 amide bonds. The van der Waals surface area contributed by atoms with E-state index in [4.69, 9.17) is 4.42 Å². The zero-order valence-corrected chi connectivity index (χ0v) is 13.9. The highest BCUT2D eigenvalue weighted by Crippen LogP contribution is 2.39. The van der Waals surface area contributed by atoms with Gasteiger partial charge in [0.05, 0.1) is 12.5 Å². The number of nitrogens with zero attached hydrogens (tertiary/aromatic N) is 2. The summed E-state index contributed by atoms with van der Waals surface area (Å²) in [7, 11) is -3.33. The Morgan fingerprint density at radius 3 is 2.91 bits per heavy atom. The molecule has 0 unspecified atom stereocenters. The Balaban J connectivity index is 1.86. The number of hydrogen-bond acceptors (Lipinski definition) is 4. The van der Waals surface area contributed by atoms with Gasteiger partial charge in [-0.25, -0.2) is 17.8 Å². The van der Waals surface area contributed by atoms with Gasteiger partial charge in [-0.05, 0) is 37.5 Å². The van der Waals surface area contributed by atoms with Crippen molar-refractivity contribution < 1.29 is 17.2 Å². The summed E-state index contributed by atoms with van der Waals surface area (Å²) in [5.41, 5.74) is 0.0255. The molecule has 124 valence electrons. The molecule has 5 nitrogen and oxygen atoms in total. The molecule has 0 bridgehead atoms. The lowest BCUT2D eigenvalue weighted by Crippen LogP contribution is -2.42. The van der Waals surface area contributed by atoms with Crippen LogP contribution < -0.4 is 0 Å². The third-order valence-electron chi connectivity index (χ3n) is 4.26. The zero-order valence-electron chi connectivity index (χ0n) is 13.1. The molecule has 2 aromatic rings. The van der Waals surface area contributed by atoms with E-state index in [9.17, 15) is 12.8 Å². The van der Waals surface area contributed by atoms with E-state index in [1.807, 2.05) is 13.0 Å². The van der Waals surface area contributed by atoms with Crippen molar-refractivity contribution >= 4 is 10.0 Å². The largest absolute Gasteiger partial charge is 0.443 e. The minimum atomic E-state index is -3.33. The molecule has 1 aromatic heterocycles. The van der Waals surface area contributed by atoms with Gasteiger partial charge in [0.2, 0.25) is 15.9 Å². The third kappa shape index (κ3) is 3.16. The topological polar surface area (TPSA) is 63.4 Å². The standard InChI is InChI=1S/C16H19FN2O3S/c1-16(7-4-8-19(16)23(2,20)21)15-18-11-14(22-15)10-12-5-3-6-13(17)9-12/h3,5-6,9,11H,4,7-8,10H2,1-2H3/t16-/m0/s1. The summed E-state index contributed by atoms with van der Waals surface area (Å²) in [4.78, 5) is 4.29. The molecule has 1 aliphatic heterocycles. The van der Waals surface area contributed by atoms with Crippen LogP contribution in [0.5, 0.6) is 0 Å². The van der Waals surface area contributed by atoms with Crippen LogP contribution in [0.15, 0.2) is 34.9 Å². The highest BCUT2D eigenvalue weighted by molar-refractivity contribution is 7.88. The van der Waals surface area contributed by atoms with E-state index in [1.54, 1.807) is 12.3 Å². The molecule has 0 N–H and O–H groups in total. The molecule has 2 heterocycles. The number of rotatable bonds is 4. The van der Waals surface area contributed by atoms with Gasteiger partial charge >= 0.3 is 0 Å². The Hall–Kier alpha value is -1.73.